The summed E-state index contributed by atoms with van der Waals surface area (Å²) >= 11 is 1.46. The number of benzene rings is 2. The van der Waals surface area contributed by atoms with Gasteiger partial charge >= 0.3 is 0 Å². The maximum absolute atomic E-state index is 12.2. The molecule has 0 aliphatic carbocycles. The molecule has 0 atom stereocenters. The number of aryl methyl sites for hydroxylation is 2. The molecule has 5 nitrogen and oxygen atoms in total. The molecule has 3 aromatic rings. The SMILES string of the molecule is CCC(=O)Nc1nc2ccc(CCC(=O)NCc3ccc(CC)cc3)cc2s1. The van der Waals surface area contributed by atoms with Gasteiger partial charge in [-0.15, -0.1) is 0 Å². The molecule has 0 unspecified atom stereocenters. The highest BCUT2D eigenvalue weighted by atomic mass is 32.1. The molecule has 146 valence electrons. The summed E-state index contributed by atoms with van der Waals surface area (Å²) in [5.41, 5.74) is 4.36. The first kappa shape index (κ1) is 20.0. The van der Waals surface area contributed by atoms with Crippen LogP contribution in [0.3, 0.4) is 0 Å². The van der Waals surface area contributed by atoms with E-state index in [1.807, 2.05) is 25.1 Å². The Balaban J connectivity index is 1.52. The van der Waals surface area contributed by atoms with Gasteiger partial charge in [-0.3, -0.25) is 9.59 Å². The molecular formula is C22H25N3O2S. The van der Waals surface area contributed by atoms with Crippen molar-refractivity contribution in [2.75, 3.05) is 5.32 Å². The summed E-state index contributed by atoms with van der Waals surface area (Å²) in [6.45, 7) is 4.49. The van der Waals surface area contributed by atoms with Gasteiger partial charge in [-0.1, -0.05) is 55.5 Å². The van der Waals surface area contributed by atoms with Crippen LogP contribution in [0, 0.1) is 0 Å². The topological polar surface area (TPSA) is 71.1 Å². The van der Waals surface area contributed by atoms with E-state index in [4.69, 9.17) is 0 Å². The minimum atomic E-state index is -0.0414. The number of rotatable bonds is 8. The van der Waals surface area contributed by atoms with Crippen LogP contribution in [0.4, 0.5) is 5.13 Å². The van der Waals surface area contributed by atoms with E-state index in [1.165, 1.54) is 16.9 Å². The highest BCUT2D eigenvalue weighted by Crippen LogP contribution is 2.27. The first-order valence-corrected chi connectivity index (χ1v) is 10.4. The van der Waals surface area contributed by atoms with Crippen molar-refractivity contribution >= 4 is 38.5 Å². The van der Waals surface area contributed by atoms with E-state index < -0.39 is 0 Å². The van der Waals surface area contributed by atoms with Crippen molar-refractivity contribution in [3.05, 3.63) is 59.2 Å². The number of aromatic nitrogens is 1. The van der Waals surface area contributed by atoms with E-state index in [0.717, 1.165) is 27.8 Å². The third kappa shape index (κ3) is 5.39. The van der Waals surface area contributed by atoms with Gasteiger partial charge < -0.3 is 10.6 Å². The third-order valence-corrected chi connectivity index (χ3v) is 5.52. The van der Waals surface area contributed by atoms with Crippen molar-refractivity contribution in [1.29, 1.82) is 0 Å². The van der Waals surface area contributed by atoms with Crippen LogP contribution in [0.15, 0.2) is 42.5 Å². The van der Waals surface area contributed by atoms with Gasteiger partial charge in [-0.2, -0.15) is 0 Å². The normalized spacial score (nSPS) is 10.8. The molecule has 0 fully saturated rings. The summed E-state index contributed by atoms with van der Waals surface area (Å²) in [4.78, 5) is 28.1. The zero-order valence-corrected chi connectivity index (χ0v) is 17.1. The number of hydrogen-bond donors (Lipinski definition) is 2. The summed E-state index contributed by atoms with van der Waals surface area (Å²) < 4.78 is 1.01. The number of hydrogen-bond acceptors (Lipinski definition) is 4. The van der Waals surface area contributed by atoms with Crippen LogP contribution >= 0.6 is 11.3 Å². The second-order valence-corrected chi connectivity index (χ2v) is 7.70. The van der Waals surface area contributed by atoms with Crippen LogP contribution in [-0.2, 0) is 29.0 Å². The molecule has 0 saturated heterocycles. The average molecular weight is 396 g/mol. The van der Waals surface area contributed by atoms with Crippen LogP contribution in [-0.4, -0.2) is 16.8 Å². The molecule has 0 radical (unpaired) electrons. The van der Waals surface area contributed by atoms with Gasteiger partial charge in [0.15, 0.2) is 5.13 Å². The Morgan fingerprint density at radius 3 is 2.39 bits per heavy atom. The lowest BCUT2D eigenvalue weighted by Gasteiger charge is -2.06. The number of amides is 2. The lowest BCUT2D eigenvalue weighted by atomic mass is 10.1. The van der Waals surface area contributed by atoms with Gasteiger partial charge in [0.05, 0.1) is 10.2 Å². The molecule has 2 aromatic carbocycles. The van der Waals surface area contributed by atoms with Crippen LogP contribution in [0.2, 0.25) is 0 Å². The number of thiazole rings is 1. The predicted octanol–water partition coefficient (Wildman–Crippen LogP) is 4.46. The molecule has 6 heteroatoms. The van der Waals surface area contributed by atoms with E-state index in [9.17, 15) is 9.59 Å². The van der Waals surface area contributed by atoms with E-state index in [-0.39, 0.29) is 11.8 Å². The van der Waals surface area contributed by atoms with Crippen LogP contribution in [0.5, 0.6) is 0 Å². The molecular weight excluding hydrogens is 370 g/mol. The minimum absolute atomic E-state index is 0.0414. The Morgan fingerprint density at radius 2 is 1.68 bits per heavy atom. The van der Waals surface area contributed by atoms with Gasteiger partial charge in [-0.05, 0) is 41.7 Å². The maximum atomic E-state index is 12.2. The minimum Gasteiger partial charge on any atom is -0.352 e. The maximum Gasteiger partial charge on any atom is 0.225 e. The Bertz CT molecular complexity index is 964. The standard InChI is InChI=1S/C22H25N3O2S/c1-3-15-5-7-17(8-6-15)14-23-21(27)12-10-16-9-11-18-19(13-16)28-22(24-18)25-20(26)4-2/h5-9,11,13H,3-4,10,12,14H2,1-2H3,(H,23,27)(H,24,25,26). The first-order chi connectivity index (χ1) is 13.6. The highest BCUT2D eigenvalue weighted by Gasteiger charge is 2.08. The summed E-state index contributed by atoms with van der Waals surface area (Å²) in [6.07, 6.45) is 2.56. The van der Waals surface area contributed by atoms with E-state index in [2.05, 4.69) is 46.8 Å². The van der Waals surface area contributed by atoms with Gasteiger partial charge in [0.1, 0.15) is 0 Å². The highest BCUT2D eigenvalue weighted by molar-refractivity contribution is 7.22. The Labute approximate surface area is 169 Å². The zero-order valence-electron chi connectivity index (χ0n) is 16.2. The summed E-state index contributed by atoms with van der Waals surface area (Å²) in [6, 6.07) is 14.3. The van der Waals surface area contributed by atoms with E-state index in [0.29, 0.717) is 30.9 Å². The molecule has 3 rings (SSSR count). The fourth-order valence-corrected chi connectivity index (χ4v) is 3.77. The lowest BCUT2D eigenvalue weighted by Crippen LogP contribution is -2.22. The van der Waals surface area contributed by atoms with Crippen molar-refractivity contribution in [2.45, 2.75) is 46.1 Å². The van der Waals surface area contributed by atoms with Gasteiger partial charge in [0.2, 0.25) is 11.8 Å². The lowest BCUT2D eigenvalue weighted by molar-refractivity contribution is -0.121. The Morgan fingerprint density at radius 1 is 0.964 bits per heavy atom. The molecule has 2 amide bonds. The monoisotopic (exact) mass is 395 g/mol. The molecule has 2 N–H and O–H groups in total. The van der Waals surface area contributed by atoms with Gasteiger partial charge in [0.25, 0.3) is 0 Å². The summed E-state index contributed by atoms with van der Waals surface area (Å²) in [7, 11) is 0. The number of carbonyl (C=O) groups excluding carboxylic acids is 2. The van der Waals surface area contributed by atoms with Crippen LogP contribution in [0.25, 0.3) is 10.2 Å². The number of fused-ring (bicyclic) bond motifs is 1. The number of nitrogens with one attached hydrogen (secondary N) is 2. The molecule has 0 saturated carbocycles. The van der Waals surface area contributed by atoms with E-state index in [1.54, 1.807) is 0 Å². The molecule has 1 aromatic heterocycles. The second kappa shape index (κ2) is 9.46. The molecule has 0 aliphatic heterocycles. The first-order valence-electron chi connectivity index (χ1n) is 9.61. The summed E-state index contributed by atoms with van der Waals surface area (Å²) in [5, 5.41) is 6.39. The van der Waals surface area contributed by atoms with E-state index >= 15 is 0 Å². The van der Waals surface area contributed by atoms with Crippen LogP contribution in [0.1, 0.15) is 43.4 Å². The number of nitrogens with zero attached hydrogens (tertiary/aromatic N) is 1. The molecule has 0 spiro atoms. The number of carbonyl (C=O) groups is 2. The van der Waals surface area contributed by atoms with Crippen molar-refractivity contribution in [3.63, 3.8) is 0 Å². The predicted molar refractivity (Wildman–Crippen MR) is 115 cm³/mol. The quantitative estimate of drug-likeness (QED) is 0.592. The van der Waals surface area contributed by atoms with Crippen LogP contribution < -0.4 is 10.6 Å². The molecule has 0 bridgehead atoms. The van der Waals surface area contributed by atoms with Gasteiger partial charge in [0, 0.05) is 19.4 Å². The van der Waals surface area contributed by atoms with Gasteiger partial charge in [-0.25, -0.2) is 4.98 Å². The largest absolute Gasteiger partial charge is 0.352 e. The average Bonchev–Trinajstić information content (AvgIpc) is 3.12. The fourth-order valence-electron chi connectivity index (χ4n) is 2.83. The number of anilines is 1. The molecule has 1 heterocycles. The fraction of sp³-hybridized carbons (Fsp3) is 0.318. The second-order valence-electron chi connectivity index (χ2n) is 6.67. The zero-order chi connectivity index (χ0) is 19.9. The molecule has 28 heavy (non-hydrogen) atoms. The van der Waals surface area contributed by atoms with Crippen molar-refractivity contribution in [1.82, 2.24) is 10.3 Å². The Hall–Kier alpha value is -2.73. The van der Waals surface area contributed by atoms with Crippen molar-refractivity contribution in [3.8, 4) is 0 Å². The molecule has 0 aliphatic rings. The summed E-state index contributed by atoms with van der Waals surface area (Å²) in [5.74, 6) is 0.000141. The third-order valence-electron chi connectivity index (χ3n) is 4.58. The Kier molecular flexibility index (Phi) is 6.76. The van der Waals surface area contributed by atoms with Crippen molar-refractivity contribution in [2.24, 2.45) is 0 Å². The van der Waals surface area contributed by atoms with Crippen molar-refractivity contribution < 1.29 is 9.59 Å². The smallest absolute Gasteiger partial charge is 0.225 e.